The minimum absolute atomic E-state index is 0.0978. The van der Waals surface area contributed by atoms with Gasteiger partial charge in [-0.05, 0) is 63.1 Å². The summed E-state index contributed by atoms with van der Waals surface area (Å²) >= 11 is 0. The zero-order chi connectivity index (χ0) is 23.0. The highest BCUT2D eigenvalue weighted by Crippen LogP contribution is 2.58. The van der Waals surface area contributed by atoms with Gasteiger partial charge >= 0.3 is 0 Å². The monoisotopic (exact) mass is 443 g/mol. The first-order chi connectivity index (χ1) is 15.3. The van der Waals surface area contributed by atoms with Crippen LogP contribution in [0.5, 0.6) is 0 Å². The summed E-state index contributed by atoms with van der Waals surface area (Å²) in [6.45, 7) is 4.39. The third-order valence-electron chi connectivity index (χ3n) is 7.31. The summed E-state index contributed by atoms with van der Waals surface area (Å²) in [7, 11) is 1.57. The fraction of sp³-hybridized carbons (Fsp3) is 0.625. The number of rotatable bonds is 8. The molecule has 0 radical (unpaired) electrons. The predicted octanol–water partition coefficient (Wildman–Crippen LogP) is 1.53. The van der Waals surface area contributed by atoms with Gasteiger partial charge in [0.05, 0.1) is 17.9 Å². The maximum Gasteiger partial charge on any atom is 0.250 e. The Kier molecular flexibility index (Phi) is 6.27. The van der Waals surface area contributed by atoms with Gasteiger partial charge in [-0.25, -0.2) is 0 Å². The molecule has 1 aromatic rings. The Balaban J connectivity index is 1.66. The number of aryl methyl sites for hydroxylation is 2. The number of ether oxygens (including phenoxy) is 1. The van der Waals surface area contributed by atoms with Crippen LogP contribution < -0.4 is 10.6 Å². The number of aliphatic hydroxyl groups is 1. The Morgan fingerprint density at radius 2 is 2.00 bits per heavy atom. The van der Waals surface area contributed by atoms with E-state index in [1.54, 1.807) is 11.9 Å². The first kappa shape index (κ1) is 22.7. The number of nitrogens with zero attached hydrogens (tertiary/aromatic N) is 1. The third kappa shape index (κ3) is 3.59. The summed E-state index contributed by atoms with van der Waals surface area (Å²) < 4.78 is 6.35. The van der Waals surface area contributed by atoms with Crippen LogP contribution in [-0.2, 0) is 19.1 Å². The van der Waals surface area contributed by atoms with E-state index in [2.05, 4.69) is 10.6 Å². The highest BCUT2D eigenvalue weighted by Gasteiger charge is 2.74. The van der Waals surface area contributed by atoms with Crippen molar-refractivity contribution in [3.63, 3.8) is 0 Å². The number of hydrogen-bond donors (Lipinski definition) is 3. The lowest BCUT2D eigenvalue weighted by atomic mass is 9.70. The van der Waals surface area contributed by atoms with Crippen molar-refractivity contribution in [2.75, 3.05) is 25.5 Å². The van der Waals surface area contributed by atoms with Gasteiger partial charge in [0.25, 0.3) is 0 Å². The number of anilines is 1. The van der Waals surface area contributed by atoms with E-state index in [0.29, 0.717) is 32.2 Å². The number of fused-ring (bicyclic) bond motifs is 1. The van der Waals surface area contributed by atoms with E-state index in [9.17, 15) is 14.4 Å². The number of amides is 3. The maximum atomic E-state index is 13.7. The first-order valence-electron chi connectivity index (χ1n) is 11.5. The molecule has 3 amide bonds. The summed E-state index contributed by atoms with van der Waals surface area (Å²) in [6.07, 6.45) is 2.99. The van der Waals surface area contributed by atoms with Gasteiger partial charge in [-0.15, -0.1) is 0 Å². The molecule has 0 aromatic heterocycles. The molecular weight excluding hydrogens is 410 g/mol. The second-order valence-corrected chi connectivity index (χ2v) is 9.29. The second-order valence-electron chi connectivity index (χ2n) is 9.29. The molecule has 3 aliphatic heterocycles. The van der Waals surface area contributed by atoms with Crippen molar-refractivity contribution in [1.82, 2.24) is 10.2 Å². The van der Waals surface area contributed by atoms with Crippen molar-refractivity contribution in [2.45, 2.75) is 63.7 Å². The quantitative estimate of drug-likeness (QED) is 0.528. The van der Waals surface area contributed by atoms with Crippen molar-refractivity contribution >= 4 is 23.4 Å². The number of benzene rings is 1. The highest BCUT2D eigenvalue weighted by molar-refractivity contribution is 6.03. The van der Waals surface area contributed by atoms with Crippen molar-refractivity contribution in [1.29, 1.82) is 0 Å². The van der Waals surface area contributed by atoms with E-state index >= 15 is 0 Å². The van der Waals surface area contributed by atoms with Crippen LogP contribution in [0.15, 0.2) is 18.2 Å². The number of likely N-dealkylation sites (tertiary alicyclic amines) is 1. The van der Waals surface area contributed by atoms with E-state index in [1.807, 2.05) is 32.0 Å². The number of carbonyl (C=O) groups excluding carboxylic acids is 3. The van der Waals surface area contributed by atoms with Crippen molar-refractivity contribution in [3.05, 3.63) is 29.3 Å². The van der Waals surface area contributed by atoms with Crippen LogP contribution in [-0.4, -0.2) is 65.7 Å². The largest absolute Gasteiger partial charge is 0.396 e. The Morgan fingerprint density at radius 1 is 1.22 bits per heavy atom. The normalized spacial score (nSPS) is 30.5. The second kappa shape index (κ2) is 8.83. The summed E-state index contributed by atoms with van der Waals surface area (Å²) in [6, 6.07) is 5.08. The van der Waals surface area contributed by atoms with Crippen molar-refractivity contribution < 1.29 is 24.2 Å². The van der Waals surface area contributed by atoms with Crippen LogP contribution in [0.4, 0.5) is 5.69 Å². The van der Waals surface area contributed by atoms with E-state index in [4.69, 9.17) is 9.84 Å². The molecule has 3 N–H and O–H groups in total. The molecule has 1 aromatic carbocycles. The van der Waals surface area contributed by atoms with Crippen LogP contribution >= 0.6 is 0 Å². The van der Waals surface area contributed by atoms with Gasteiger partial charge in [0, 0.05) is 25.9 Å². The highest BCUT2D eigenvalue weighted by atomic mass is 16.5. The zero-order valence-electron chi connectivity index (χ0n) is 19.0. The molecule has 1 spiro atoms. The molecule has 2 bridgehead atoms. The molecule has 3 heterocycles. The van der Waals surface area contributed by atoms with Gasteiger partial charge in [0.15, 0.2) is 0 Å². The average Bonchev–Trinajstić information content (AvgIpc) is 3.41. The average molecular weight is 444 g/mol. The molecule has 3 fully saturated rings. The molecule has 0 saturated carbocycles. The van der Waals surface area contributed by atoms with E-state index in [1.165, 1.54) is 0 Å². The zero-order valence-corrected chi connectivity index (χ0v) is 19.0. The van der Waals surface area contributed by atoms with Crippen molar-refractivity contribution in [2.24, 2.45) is 11.8 Å². The van der Waals surface area contributed by atoms with Gasteiger partial charge < -0.3 is 25.4 Å². The molecule has 3 saturated heterocycles. The molecule has 32 heavy (non-hydrogen) atoms. The maximum absolute atomic E-state index is 13.7. The molecule has 3 aliphatic rings. The minimum Gasteiger partial charge on any atom is -0.396 e. The molecule has 5 atom stereocenters. The molecule has 8 nitrogen and oxygen atoms in total. The summed E-state index contributed by atoms with van der Waals surface area (Å²) in [5, 5.41) is 14.8. The fourth-order valence-electron chi connectivity index (χ4n) is 5.80. The first-order valence-corrected chi connectivity index (χ1v) is 11.5. The van der Waals surface area contributed by atoms with E-state index < -0.39 is 23.5 Å². The van der Waals surface area contributed by atoms with Gasteiger partial charge in [0.2, 0.25) is 17.7 Å². The number of aliphatic hydroxyl groups excluding tert-OH is 1. The number of hydrogen-bond acceptors (Lipinski definition) is 5. The number of carbonyl (C=O) groups is 3. The standard InChI is InChI=1S/C24H33N3O5/c1-14-7-8-15(2)16(13-14)26-22(30)20-24-10-9-17(32-24)18(21(29)25-3)19(24)23(31)27(20)11-5-4-6-12-28/h7-8,13,17-20,28H,4-6,9-12H2,1-3H3,(H,25,29)(H,26,30)/t17-,18+,19-,20?,24?/m0/s1. The minimum atomic E-state index is -0.974. The lowest BCUT2D eigenvalue weighted by Crippen LogP contribution is -2.53. The van der Waals surface area contributed by atoms with Gasteiger partial charge in [0.1, 0.15) is 11.6 Å². The molecule has 174 valence electrons. The summed E-state index contributed by atoms with van der Waals surface area (Å²) in [5.74, 6) is -1.86. The molecule has 0 aliphatic carbocycles. The van der Waals surface area contributed by atoms with E-state index in [-0.39, 0.29) is 30.4 Å². The predicted molar refractivity (Wildman–Crippen MR) is 119 cm³/mol. The molecular formula is C24H33N3O5. The van der Waals surface area contributed by atoms with Gasteiger partial charge in [-0.2, -0.15) is 0 Å². The van der Waals surface area contributed by atoms with Crippen LogP contribution in [0.25, 0.3) is 0 Å². The Labute approximate surface area is 188 Å². The Morgan fingerprint density at radius 3 is 2.72 bits per heavy atom. The Hall–Kier alpha value is -2.45. The van der Waals surface area contributed by atoms with Crippen LogP contribution in [0.2, 0.25) is 0 Å². The van der Waals surface area contributed by atoms with Crippen LogP contribution in [0, 0.1) is 25.7 Å². The SMILES string of the molecule is CNC(=O)[C@@H]1[C@@H]2CCC3(O2)C(C(=O)Nc2cc(C)ccc2C)N(CCCCCO)C(=O)[C@H]13. The number of nitrogens with one attached hydrogen (secondary N) is 2. The Bertz CT molecular complexity index is 919. The van der Waals surface area contributed by atoms with Gasteiger partial charge in [-0.1, -0.05) is 12.1 Å². The topological polar surface area (TPSA) is 108 Å². The molecule has 4 rings (SSSR count). The smallest absolute Gasteiger partial charge is 0.250 e. The van der Waals surface area contributed by atoms with Crippen LogP contribution in [0.1, 0.15) is 43.2 Å². The van der Waals surface area contributed by atoms with E-state index in [0.717, 1.165) is 23.2 Å². The third-order valence-corrected chi connectivity index (χ3v) is 7.31. The number of unbranched alkanes of at least 4 members (excludes halogenated alkanes) is 2. The summed E-state index contributed by atoms with van der Waals surface area (Å²) in [5.41, 5.74) is 1.72. The molecule has 2 unspecified atom stereocenters. The van der Waals surface area contributed by atoms with Crippen LogP contribution in [0.3, 0.4) is 0 Å². The van der Waals surface area contributed by atoms with Gasteiger partial charge in [-0.3, -0.25) is 14.4 Å². The van der Waals surface area contributed by atoms with Crippen molar-refractivity contribution in [3.8, 4) is 0 Å². The lowest BCUT2D eigenvalue weighted by Gasteiger charge is -2.33. The molecule has 8 heteroatoms. The lowest BCUT2D eigenvalue weighted by molar-refractivity contribution is -0.140. The fourth-order valence-corrected chi connectivity index (χ4v) is 5.80. The summed E-state index contributed by atoms with van der Waals surface area (Å²) in [4.78, 5) is 41.5.